The van der Waals surface area contributed by atoms with E-state index in [0.717, 1.165) is 33.5 Å². The Hall–Kier alpha value is -3.15. The molecular weight excluding hydrogens is 509 g/mol. The average molecular weight is 531 g/mol. The summed E-state index contributed by atoms with van der Waals surface area (Å²) in [5.74, 6) is -0.438. The largest absolute Gasteiger partial charge is 0.416 e. The number of nitrogens with one attached hydrogen (secondary N) is 1. The van der Waals surface area contributed by atoms with E-state index in [-0.39, 0.29) is 11.4 Å². The first-order valence-electron chi connectivity index (χ1n) is 11.1. The number of thioether (sulfide) groups is 1. The van der Waals surface area contributed by atoms with E-state index < -0.39 is 17.6 Å². The van der Waals surface area contributed by atoms with Crippen LogP contribution in [0.25, 0.3) is 21.3 Å². The number of halogens is 3. The van der Waals surface area contributed by atoms with Crippen molar-refractivity contribution in [1.29, 1.82) is 0 Å². The zero-order valence-corrected chi connectivity index (χ0v) is 20.6. The van der Waals surface area contributed by atoms with Crippen LogP contribution >= 0.6 is 23.1 Å². The van der Waals surface area contributed by atoms with Crippen molar-refractivity contribution in [2.75, 3.05) is 42.3 Å². The lowest BCUT2D eigenvalue weighted by atomic mass is 10.1. The molecule has 0 atom stereocenters. The zero-order valence-electron chi connectivity index (χ0n) is 18.9. The number of morpholine rings is 1. The molecule has 1 amide bonds. The number of nitrogens with zero attached hydrogens (tertiary/aromatic N) is 3. The SMILES string of the molecule is O=C(CSc1ncnc2scc(-c3ccccc3)c12)Nc1cc(C(F)(F)F)ccc1N1CCOCC1. The van der Waals surface area contributed by atoms with Gasteiger partial charge in [-0.2, -0.15) is 13.2 Å². The van der Waals surface area contributed by atoms with Crippen LogP contribution in [-0.4, -0.2) is 47.9 Å². The average Bonchev–Trinajstić information content (AvgIpc) is 3.33. The van der Waals surface area contributed by atoms with Gasteiger partial charge in [0.05, 0.1) is 41.3 Å². The molecule has 0 unspecified atom stereocenters. The maximum Gasteiger partial charge on any atom is 0.416 e. The number of fused-ring (bicyclic) bond motifs is 1. The van der Waals surface area contributed by atoms with Gasteiger partial charge in [-0.15, -0.1) is 11.3 Å². The van der Waals surface area contributed by atoms with Crippen LogP contribution in [0.1, 0.15) is 5.56 Å². The number of rotatable bonds is 6. The lowest BCUT2D eigenvalue weighted by Gasteiger charge is -2.31. The standard InChI is InChI=1S/C25H21F3N4O2S2/c26-25(27,28)17-6-7-20(32-8-10-34-11-9-32)19(12-17)31-21(33)14-36-24-22-18(16-4-2-1-3-5-16)13-35-23(22)29-15-30-24/h1-7,12-13,15H,8-11,14H2,(H,31,33). The van der Waals surface area contributed by atoms with E-state index in [0.29, 0.717) is 37.0 Å². The molecule has 3 heterocycles. The maximum atomic E-state index is 13.4. The molecule has 11 heteroatoms. The first-order valence-corrected chi connectivity index (χ1v) is 13.0. The summed E-state index contributed by atoms with van der Waals surface area (Å²) in [4.78, 5) is 24.4. The van der Waals surface area contributed by atoms with E-state index in [1.54, 1.807) is 0 Å². The fourth-order valence-electron chi connectivity index (χ4n) is 4.00. The molecule has 1 fully saturated rings. The highest BCUT2D eigenvalue weighted by Crippen LogP contribution is 2.38. The van der Waals surface area contributed by atoms with E-state index in [9.17, 15) is 18.0 Å². The highest BCUT2D eigenvalue weighted by atomic mass is 32.2. The van der Waals surface area contributed by atoms with Crippen LogP contribution in [0.4, 0.5) is 24.5 Å². The number of hydrogen-bond donors (Lipinski definition) is 1. The third-order valence-corrected chi connectivity index (χ3v) is 7.59. The smallest absolute Gasteiger partial charge is 0.378 e. The Kier molecular flexibility index (Phi) is 7.13. The molecule has 6 nitrogen and oxygen atoms in total. The van der Waals surface area contributed by atoms with Crippen molar-refractivity contribution in [3.63, 3.8) is 0 Å². The third kappa shape index (κ3) is 5.32. The predicted molar refractivity (Wildman–Crippen MR) is 137 cm³/mol. The maximum absolute atomic E-state index is 13.4. The topological polar surface area (TPSA) is 67.4 Å². The summed E-state index contributed by atoms with van der Waals surface area (Å²) >= 11 is 2.72. The van der Waals surface area contributed by atoms with Crippen molar-refractivity contribution in [2.45, 2.75) is 11.2 Å². The van der Waals surface area contributed by atoms with Crippen molar-refractivity contribution in [3.8, 4) is 11.1 Å². The highest BCUT2D eigenvalue weighted by molar-refractivity contribution is 8.00. The number of benzene rings is 2. The molecule has 2 aromatic carbocycles. The van der Waals surface area contributed by atoms with Crippen molar-refractivity contribution in [2.24, 2.45) is 0 Å². The van der Waals surface area contributed by atoms with Gasteiger partial charge in [-0.25, -0.2) is 9.97 Å². The summed E-state index contributed by atoms with van der Waals surface area (Å²) < 4.78 is 45.5. The predicted octanol–water partition coefficient (Wildman–Crippen LogP) is 5.94. The van der Waals surface area contributed by atoms with E-state index in [1.807, 2.05) is 40.6 Å². The van der Waals surface area contributed by atoms with Crippen LogP contribution in [0.2, 0.25) is 0 Å². The number of amides is 1. The molecule has 1 saturated heterocycles. The van der Waals surface area contributed by atoms with E-state index in [2.05, 4.69) is 15.3 Å². The zero-order chi connectivity index (χ0) is 25.1. The van der Waals surface area contributed by atoms with Crippen molar-refractivity contribution < 1.29 is 22.7 Å². The normalized spacial score (nSPS) is 14.2. The van der Waals surface area contributed by atoms with Gasteiger partial charge in [-0.05, 0) is 23.8 Å². The van der Waals surface area contributed by atoms with Crippen molar-refractivity contribution >= 4 is 50.6 Å². The Morgan fingerprint density at radius 3 is 2.64 bits per heavy atom. The Labute approximate surface area is 213 Å². The number of carbonyl (C=O) groups is 1. The van der Waals surface area contributed by atoms with Crippen LogP contribution in [0, 0.1) is 0 Å². The van der Waals surface area contributed by atoms with Crippen LogP contribution in [0.15, 0.2) is 65.3 Å². The molecule has 0 saturated carbocycles. The van der Waals surface area contributed by atoms with Crippen molar-refractivity contribution in [1.82, 2.24) is 9.97 Å². The van der Waals surface area contributed by atoms with Gasteiger partial charge in [0.25, 0.3) is 0 Å². The van der Waals surface area contributed by atoms with E-state index in [4.69, 9.17) is 4.74 Å². The lowest BCUT2D eigenvalue weighted by molar-refractivity contribution is -0.137. The van der Waals surface area contributed by atoms with Crippen LogP contribution in [-0.2, 0) is 15.7 Å². The number of ether oxygens (including phenoxy) is 1. The summed E-state index contributed by atoms with van der Waals surface area (Å²) in [6.45, 7) is 2.00. The second-order valence-corrected chi connectivity index (χ2v) is 9.86. The summed E-state index contributed by atoms with van der Waals surface area (Å²) in [5, 5.41) is 6.21. The molecule has 4 aromatic rings. The molecule has 0 bridgehead atoms. The molecule has 1 N–H and O–H groups in total. The summed E-state index contributed by atoms with van der Waals surface area (Å²) in [7, 11) is 0. The monoisotopic (exact) mass is 530 g/mol. The van der Waals surface area contributed by atoms with E-state index in [1.165, 1.54) is 35.5 Å². The molecule has 0 radical (unpaired) electrons. The van der Waals surface area contributed by atoms with Gasteiger partial charge >= 0.3 is 6.18 Å². The quantitative estimate of drug-likeness (QED) is 0.246. The first kappa shape index (κ1) is 24.5. The van der Waals surface area contributed by atoms with Gasteiger partial charge < -0.3 is 15.0 Å². The minimum absolute atomic E-state index is 0.0189. The summed E-state index contributed by atoms with van der Waals surface area (Å²) in [5.41, 5.74) is 1.85. The van der Waals surface area contributed by atoms with E-state index >= 15 is 0 Å². The molecule has 1 aliphatic heterocycles. The number of aromatic nitrogens is 2. The fourth-order valence-corrected chi connectivity index (χ4v) is 5.79. The summed E-state index contributed by atoms with van der Waals surface area (Å²) in [6, 6.07) is 13.3. The Bertz CT molecular complexity index is 1370. The minimum Gasteiger partial charge on any atom is -0.378 e. The van der Waals surface area contributed by atoms with Gasteiger partial charge in [-0.1, -0.05) is 42.1 Å². The van der Waals surface area contributed by atoms with Crippen LogP contribution < -0.4 is 10.2 Å². The molecule has 5 rings (SSSR count). The molecule has 0 spiro atoms. The van der Waals surface area contributed by atoms with Crippen LogP contribution in [0.5, 0.6) is 0 Å². The number of hydrogen-bond acceptors (Lipinski definition) is 7. The Morgan fingerprint density at radius 1 is 1.11 bits per heavy atom. The summed E-state index contributed by atoms with van der Waals surface area (Å²) in [6.07, 6.45) is -3.06. The molecule has 0 aliphatic carbocycles. The number of thiophene rings is 1. The second-order valence-electron chi connectivity index (χ2n) is 8.04. The molecule has 2 aromatic heterocycles. The highest BCUT2D eigenvalue weighted by Gasteiger charge is 2.32. The first-order chi connectivity index (χ1) is 17.4. The molecule has 1 aliphatic rings. The van der Waals surface area contributed by atoms with Crippen molar-refractivity contribution in [3.05, 3.63) is 65.8 Å². The number of carbonyl (C=O) groups excluding carboxylic acids is 1. The second kappa shape index (κ2) is 10.5. The molecule has 186 valence electrons. The van der Waals surface area contributed by atoms with Gasteiger partial charge in [0.15, 0.2) is 0 Å². The van der Waals surface area contributed by atoms with Crippen LogP contribution in [0.3, 0.4) is 0 Å². The Balaban J connectivity index is 1.38. The number of anilines is 2. The fraction of sp³-hybridized carbons (Fsp3) is 0.240. The molecule has 36 heavy (non-hydrogen) atoms. The van der Waals surface area contributed by atoms with Gasteiger partial charge in [0.2, 0.25) is 5.91 Å². The van der Waals surface area contributed by atoms with Gasteiger partial charge in [-0.3, -0.25) is 4.79 Å². The van der Waals surface area contributed by atoms with Gasteiger partial charge in [0, 0.05) is 24.0 Å². The third-order valence-electron chi connectivity index (χ3n) is 5.71. The number of alkyl halides is 3. The molecular formula is C25H21F3N4O2S2. The Morgan fingerprint density at radius 2 is 1.89 bits per heavy atom. The lowest BCUT2D eigenvalue weighted by Crippen LogP contribution is -2.37. The minimum atomic E-state index is -4.52. The van der Waals surface area contributed by atoms with Gasteiger partial charge in [0.1, 0.15) is 16.2 Å².